The van der Waals surface area contributed by atoms with E-state index < -0.39 is 10.8 Å². The number of rotatable bonds is 5. The molecule has 0 radical (unpaired) electrons. The minimum absolute atomic E-state index is 0.165. The minimum atomic E-state index is -1.11. The smallest absolute Gasteiger partial charge is 0.306 e. The highest BCUT2D eigenvalue weighted by Gasteiger charge is 2.15. The van der Waals surface area contributed by atoms with Crippen molar-refractivity contribution in [3.05, 3.63) is 0 Å². The molecule has 0 saturated carbocycles. The van der Waals surface area contributed by atoms with E-state index in [4.69, 9.17) is 0 Å². The van der Waals surface area contributed by atoms with E-state index in [-0.39, 0.29) is 23.6 Å². The fourth-order valence-electron chi connectivity index (χ4n) is 0.643. The van der Waals surface area contributed by atoms with Crippen molar-refractivity contribution >= 4 is 16.8 Å². The molecule has 0 spiro atoms. The Hall–Kier alpha value is -0.420. The quantitative estimate of drug-likeness (QED) is 0.590. The molecule has 2 unspecified atom stereocenters. The summed E-state index contributed by atoms with van der Waals surface area (Å²) in [6.07, 6.45) is 0.173. The zero-order valence-corrected chi connectivity index (χ0v) is 8.35. The van der Waals surface area contributed by atoms with Crippen LogP contribution in [0.4, 0.5) is 0 Å². The molecule has 0 rings (SSSR count). The lowest BCUT2D eigenvalue weighted by molar-refractivity contribution is -0.140. The van der Waals surface area contributed by atoms with E-state index in [1.165, 1.54) is 14.2 Å². The average Bonchev–Trinajstić information content (AvgIpc) is 2.04. The van der Waals surface area contributed by atoms with E-state index in [1.54, 1.807) is 6.92 Å². The van der Waals surface area contributed by atoms with E-state index in [0.29, 0.717) is 0 Å². The fourth-order valence-corrected chi connectivity index (χ4v) is 1.43. The first-order valence-corrected chi connectivity index (χ1v) is 4.93. The van der Waals surface area contributed by atoms with Crippen LogP contribution in [0.1, 0.15) is 13.3 Å². The van der Waals surface area contributed by atoms with Crippen LogP contribution in [0.5, 0.6) is 0 Å². The zero-order valence-electron chi connectivity index (χ0n) is 7.53. The van der Waals surface area contributed by atoms with Gasteiger partial charge in [-0.3, -0.25) is 9.00 Å². The molecule has 5 heteroatoms. The van der Waals surface area contributed by atoms with Gasteiger partial charge in [0.25, 0.3) is 0 Å². The maximum atomic E-state index is 11.2. The standard InChI is InChI=1S/C7H14O4S/c1-6(4-7(8)11-3)12(9)5-10-2/h6H,4-5H2,1-3H3. The van der Waals surface area contributed by atoms with E-state index in [1.807, 2.05) is 0 Å². The van der Waals surface area contributed by atoms with Crippen molar-refractivity contribution in [3.63, 3.8) is 0 Å². The van der Waals surface area contributed by atoms with Gasteiger partial charge in [0, 0.05) is 12.4 Å². The van der Waals surface area contributed by atoms with Crippen molar-refractivity contribution < 1.29 is 18.5 Å². The Bertz CT molecular complexity index is 169. The highest BCUT2D eigenvalue weighted by Crippen LogP contribution is 2.02. The molecule has 4 nitrogen and oxygen atoms in total. The molecule has 0 aliphatic carbocycles. The number of methoxy groups -OCH3 is 2. The number of carbonyl (C=O) groups is 1. The van der Waals surface area contributed by atoms with E-state index in [9.17, 15) is 9.00 Å². The number of hydrogen-bond acceptors (Lipinski definition) is 4. The zero-order chi connectivity index (χ0) is 9.56. The number of hydrogen-bond donors (Lipinski definition) is 0. The molecule has 0 N–H and O–H groups in total. The predicted octanol–water partition coefficient (Wildman–Crippen LogP) is 0.291. The second-order valence-corrected chi connectivity index (χ2v) is 4.18. The maximum Gasteiger partial charge on any atom is 0.306 e. The van der Waals surface area contributed by atoms with Gasteiger partial charge in [-0.05, 0) is 0 Å². The molecule has 0 aromatic rings. The Morgan fingerprint density at radius 3 is 2.50 bits per heavy atom. The molecule has 0 bridgehead atoms. The van der Waals surface area contributed by atoms with Crippen LogP contribution < -0.4 is 0 Å². The van der Waals surface area contributed by atoms with Crippen LogP contribution in [-0.2, 0) is 25.1 Å². The minimum Gasteiger partial charge on any atom is -0.469 e. The van der Waals surface area contributed by atoms with Gasteiger partial charge in [-0.2, -0.15) is 0 Å². The summed E-state index contributed by atoms with van der Waals surface area (Å²) in [5.74, 6) is -0.176. The SMILES string of the molecule is COCS(=O)C(C)CC(=O)OC. The van der Waals surface area contributed by atoms with E-state index >= 15 is 0 Å². The Kier molecular flexibility index (Phi) is 5.92. The van der Waals surface area contributed by atoms with Gasteiger partial charge < -0.3 is 9.47 Å². The summed E-state index contributed by atoms with van der Waals surface area (Å²) in [6.45, 7) is 1.73. The second kappa shape index (κ2) is 6.14. The predicted molar refractivity (Wildman–Crippen MR) is 46.1 cm³/mol. The third kappa shape index (κ3) is 4.46. The topological polar surface area (TPSA) is 52.6 Å². The first-order valence-electron chi connectivity index (χ1n) is 3.54. The Labute approximate surface area is 74.7 Å². The van der Waals surface area contributed by atoms with Crippen molar-refractivity contribution in [1.29, 1.82) is 0 Å². The summed E-state index contributed by atoms with van der Waals surface area (Å²) in [5.41, 5.74) is 0. The van der Waals surface area contributed by atoms with Gasteiger partial charge in [-0.15, -0.1) is 0 Å². The van der Waals surface area contributed by atoms with Crippen LogP contribution in [0.3, 0.4) is 0 Å². The summed E-state index contributed by atoms with van der Waals surface area (Å²) in [5, 5.41) is -0.211. The lowest BCUT2D eigenvalue weighted by Gasteiger charge is -2.08. The first-order chi connectivity index (χ1) is 5.61. The van der Waals surface area contributed by atoms with Crippen LogP contribution in [0.2, 0.25) is 0 Å². The summed E-state index contributed by atoms with van der Waals surface area (Å²) in [7, 11) is 1.68. The normalized spacial score (nSPS) is 15.2. The molecule has 2 atom stereocenters. The van der Waals surface area contributed by atoms with Gasteiger partial charge >= 0.3 is 5.97 Å². The maximum absolute atomic E-state index is 11.2. The van der Waals surface area contributed by atoms with Crippen molar-refractivity contribution in [2.75, 3.05) is 20.2 Å². The van der Waals surface area contributed by atoms with Crippen LogP contribution in [0, 0.1) is 0 Å². The number of ether oxygens (including phenoxy) is 2. The number of esters is 1. The van der Waals surface area contributed by atoms with Crippen molar-refractivity contribution in [1.82, 2.24) is 0 Å². The number of carbonyl (C=O) groups excluding carboxylic acids is 1. The third-order valence-corrected chi connectivity index (χ3v) is 2.90. The van der Waals surface area contributed by atoms with Gasteiger partial charge in [0.2, 0.25) is 0 Å². The van der Waals surface area contributed by atoms with Crippen molar-refractivity contribution in [2.24, 2.45) is 0 Å². The van der Waals surface area contributed by atoms with E-state index in [2.05, 4.69) is 9.47 Å². The van der Waals surface area contributed by atoms with Crippen LogP contribution in [-0.4, -0.2) is 35.6 Å². The van der Waals surface area contributed by atoms with E-state index in [0.717, 1.165) is 0 Å². The first kappa shape index (κ1) is 11.6. The summed E-state index contributed by atoms with van der Waals surface area (Å²) >= 11 is 0. The lowest BCUT2D eigenvalue weighted by Crippen LogP contribution is -2.19. The summed E-state index contributed by atoms with van der Waals surface area (Å²) < 4.78 is 20.3. The Morgan fingerprint density at radius 2 is 2.08 bits per heavy atom. The molecular weight excluding hydrogens is 180 g/mol. The summed E-state index contributed by atoms with van der Waals surface area (Å²) in [4.78, 5) is 10.7. The van der Waals surface area contributed by atoms with Crippen molar-refractivity contribution in [3.8, 4) is 0 Å². The van der Waals surface area contributed by atoms with Gasteiger partial charge in [0.1, 0.15) is 5.94 Å². The van der Waals surface area contributed by atoms with Crippen LogP contribution in [0.25, 0.3) is 0 Å². The van der Waals surface area contributed by atoms with Gasteiger partial charge in [0.05, 0.1) is 24.3 Å². The molecule has 0 aliphatic rings. The highest BCUT2D eigenvalue weighted by atomic mass is 32.2. The molecular formula is C7H14O4S. The molecule has 0 fully saturated rings. The molecule has 0 saturated heterocycles. The third-order valence-electron chi connectivity index (χ3n) is 1.36. The second-order valence-electron chi connectivity index (χ2n) is 2.38. The molecule has 72 valence electrons. The molecule has 0 heterocycles. The highest BCUT2D eigenvalue weighted by molar-refractivity contribution is 7.85. The molecule has 0 aliphatic heterocycles. The van der Waals surface area contributed by atoms with Crippen LogP contribution >= 0.6 is 0 Å². The van der Waals surface area contributed by atoms with Gasteiger partial charge in [-0.1, -0.05) is 6.92 Å². The lowest BCUT2D eigenvalue weighted by atomic mass is 10.3. The molecule has 0 aromatic carbocycles. The van der Waals surface area contributed by atoms with Gasteiger partial charge in [-0.25, -0.2) is 0 Å². The monoisotopic (exact) mass is 194 g/mol. The largest absolute Gasteiger partial charge is 0.469 e. The molecule has 0 aromatic heterocycles. The molecule has 0 amide bonds. The fraction of sp³-hybridized carbons (Fsp3) is 0.857. The molecule has 12 heavy (non-hydrogen) atoms. The van der Waals surface area contributed by atoms with Gasteiger partial charge in [0.15, 0.2) is 0 Å². The van der Waals surface area contributed by atoms with Crippen molar-refractivity contribution in [2.45, 2.75) is 18.6 Å². The van der Waals surface area contributed by atoms with Crippen LogP contribution in [0.15, 0.2) is 0 Å². The Morgan fingerprint density at radius 1 is 1.50 bits per heavy atom. The Balaban J connectivity index is 3.78. The average molecular weight is 194 g/mol. The summed E-state index contributed by atoms with van der Waals surface area (Å²) in [6, 6.07) is 0.